The fraction of sp³-hybridized carbons (Fsp3) is 0.133. The topological polar surface area (TPSA) is 132 Å². The van der Waals surface area contributed by atoms with E-state index in [1.807, 2.05) is 6.92 Å². The van der Waals surface area contributed by atoms with Crippen LogP contribution in [0.1, 0.15) is 11.1 Å². The van der Waals surface area contributed by atoms with Gasteiger partial charge in [0.15, 0.2) is 10.8 Å². The molecule has 0 amide bonds. The molecule has 0 atom stereocenters. The number of nitriles is 2. The summed E-state index contributed by atoms with van der Waals surface area (Å²) >= 11 is 0.747. The number of aromatic nitrogens is 2. The molecule has 0 aliphatic rings. The monoisotopic (exact) mass is 373 g/mol. The van der Waals surface area contributed by atoms with Crippen LogP contribution in [0.2, 0.25) is 0 Å². The van der Waals surface area contributed by atoms with Crippen LogP contribution in [-0.4, -0.2) is 24.4 Å². The van der Waals surface area contributed by atoms with Gasteiger partial charge in [-0.05, 0) is 30.1 Å². The molecule has 2 N–H and O–H groups in total. The Hall–Kier alpha value is -3.08. The summed E-state index contributed by atoms with van der Waals surface area (Å²) in [4.78, 5) is 2.93. The number of rotatable bonds is 5. The number of H-pyrrole nitrogens is 1. The molecule has 0 bridgehead atoms. The molecule has 0 saturated carbocycles. The van der Waals surface area contributed by atoms with Crippen molar-refractivity contribution >= 4 is 38.1 Å². The number of hydrogen-bond donors (Lipinski definition) is 2. The van der Waals surface area contributed by atoms with E-state index < -0.39 is 10.0 Å². The molecule has 0 aliphatic carbocycles. The standard InChI is InChI=1S/C15H11N5O3S2/c1-9-2-3-11(15-14(9)10(7-17)8-18-15)20-25(21,22)13-6-12(19-24-13)23-5-4-16/h2-3,6,8,18,20H,5H2,1H3. The quantitative estimate of drug-likeness (QED) is 0.706. The van der Waals surface area contributed by atoms with Gasteiger partial charge in [0.05, 0.1) is 16.8 Å². The number of benzene rings is 1. The van der Waals surface area contributed by atoms with Gasteiger partial charge in [-0.25, -0.2) is 8.42 Å². The van der Waals surface area contributed by atoms with Gasteiger partial charge in [-0.3, -0.25) is 4.72 Å². The number of hydrogen-bond acceptors (Lipinski definition) is 7. The third kappa shape index (κ3) is 3.13. The number of nitrogens with zero attached hydrogens (tertiary/aromatic N) is 3. The molecule has 3 aromatic rings. The molecule has 3 rings (SSSR count). The minimum Gasteiger partial charge on any atom is -0.462 e. The second-order valence-electron chi connectivity index (χ2n) is 5.03. The number of aromatic amines is 1. The molecular formula is C15H11N5O3S2. The zero-order valence-corrected chi connectivity index (χ0v) is 14.5. The second-order valence-corrected chi connectivity index (χ2v) is 7.74. The van der Waals surface area contributed by atoms with E-state index in [-0.39, 0.29) is 16.7 Å². The van der Waals surface area contributed by atoms with Crippen LogP contribution in [0.3, 0.4) is 0 Å². The van der Waals surface area contributed by atoms with Crippen molar-refractivity contribution in [2.45, 2.75) is 11.1 Å². The Kier molecular flexibility index (Phi) is 4.31. The highest BCUT2D eigenvalue weighted by molar-refractivity contribution is 7.94. The van der Waals surface area contributed by atoms with Crippen LogP contribution in [0.5, 0.6) is 5.88 Å². The zero-order valence-electron chi connectivity index (χ0n) is 12.9. The second kappa shape index (κ2) is 6.43. The lowest BCUT2D eigenvalue weighted by atomic mass is 10.1. The van der Waals surface area contributed by atoms with E-state index in [4.69, 9.17) is 10.00 Å². The van der Waals surface area contributed by atoms with E-state index >= 15 is 0 Å². The van der Waals surface area contributed by atoms with E-state index in [1.165, 1.54) is 12.3 Å². The fourth-order valence-electron chi connectivity index (χ4n) is 2.33. The predicted molar refractivity (Wildman–Crippen MR) is 91.8 cm³/mol. The van der Waals surface area contributed by atoms with Crippen molar-refractivity contribution in [2.75, 3.05) is 11.3 Å². The van der Waals surface area contributed by atoms with Crippen LogP contribution >= 0.6 is 11.5 Å². The van der Waals surface area contributed by atoms with Crippen LogP contribution in [0.4, 0.5) is 5.69 Å². The third-order valence-corrected chi connectivity index (χ3v) is 6.01. The summed E-state index contributed by atoms with van der Waals surface area (Å²) in [5.74, 6) is 0.0765. The summed E-state index contributed by atoms with van der Waals surface area (Å²) < 4.78 is 36.4. The molecule has 0 fully saturated rings. The predicted octanol–water partition coefficient (Wildman–Crippen LogP) is 2.51. The first-order valence-electron chi connectivity index (χ1n) is 6.96. The van der Waals surface area contributed by atoms with Crippen LogP contribution < -0.4 is 9.46 Å². The molecule has 8 nitrogen and oxygen atoms in total. The minimum atomic E-state index is -3.88. The van der Waals surface area contributed by atoms with Crippen molar-refractivity contribution in [1.29, 1.82) is 10.5 Å². The Bertz CT molecular complexity index is 1130. The maximum absolute atomic E-state index is 12.6. The molecule has 1 aromatic carbocycles. The number of aryl methyl sites for hydroxylation is 1. The largest absolute Gasteiger partial charge is 0.462 e. The number of ether oxygens (including phenoxy) is 1. The van der Waals surface area contributed by atoms with Crippen molar-refractivity contribution in [3.63, 3.8) is 0 Å². The maximum atomic E-state index is 12.6. The van der Waals surface area contributed by atoms with Gasteiger partial charge in [-0.2, -0.15) is 14.9 Å². The van der Waals surface area contributed by atoms with Gasteiger partial charge in [-0.1, -0.05) is 6.07 Å². The molecule has 10 heteroatoms. The highest BCUT2D eigenvalue weighted by Crippen LogP contribution is 2.31. The number of fused-ring (bicyclic) bond motifs is 1. The van der Waals surface area contributed by atoms with E-state index in [2.05, 4.69) is 20.1 Å². The smallest absolute Gasteiger partial charge is 0.273 e. The SMILES string of the molecule is Cc1ccc(NS(=O)(=O)c2cc(OCC#N)ns2)c2[nH]cc(C#N)c12. The summed E-state index contributed by atoms with van der Waals surface area (Å²) in [6.45, 7) is 1.63. The van der Waals surface area contributed by atoms with E-state index in [1.54, 1.807) is 18.2 Å². The summed E-state index contributed by atoms with van der Waals surface area (Å²) in [7, 11) is -3.88. The lowest BCUT2D eigenvalue weighted by Crippen LogP contribution is -2.12. The number of sulfonamides is 1. The Morgan fingerprint density at radius 3 is 2.92 bits per heavy atom. The van der Waals surface area contributed by atoms with Crippen LogP contribution in [-0.2, 0) is 10.0 Å². The normalized spacial score (nSPS) is 11.0. The van der Waals surface area contributed by atoms with Crippen LogP contribution in [0, 0.1) is 29.6 Å². The van der Waals surface area contributed by atoms with E-state index in [0.717, 1.165) is 17.1 Å². The summed E-state index contributed by atoms with van der Waals surface area (Å²) in [6, 6.07) is 8.48. The summed E-state index contributed by atoms with van der Waals surface area (Å²) in [6.07, 6.45) is 1.54. The molecule has 0 spiro atoms. The van der Waals surface area contributed by atoms with E-state index in [9.17, 15) is 13.7 Å². The fourth-order valence-corrected chi connectivity index (χ4v) is 4.22. The number of nitrogens with one attached hydrogen (secondary N) is 2. The Balaban J connectivity index is 1.97. The van der Waals surface area contributed by atoms with Crippen molar-refractivity contribution in [3.8, 4) is 18.0 Å². The van der Waals surface area contributed by atoms with Gasteiger partial charge in [0, 0.05) is 17.6 Å². The van der Waals surface area contributed by atoms with Crippen molar-refractivity contribution < 1.29 is 13.2 Å². The summed E-state index contributed by atoms with van der Waals surface area (Å²) in [5, 5.41) is 18.3. The van der Waals surface area contributed by atoms with Gasteiger partial charge >= 0.3 is 0 Å². The Morgan fingerprint density at radius 2 is 2.20 bits per heavy atom. The minimum absolute atomic E-state index is 0.0405. The molecule has 0 unspecified atom stereocenters. The molecule has 0 aliphatic heterocycles. The first-order valence-corrected chi connectivity index (χ1v) is 9.22. The molecule has 0 saturated heterocycles. The highest BCUT2D eigenvalue weighted by atomic mass is 32.2. The zero-order chi connectivity index (χ0) is 18.0. The molecule has 2 aromatic heterocycles. The van der Waals surface area contributed by atoms with Gasteiger partial charge < -0.3 is 9.72 Å². The van der Waals surface area contributed by atoms with Crippen molar-refractivity contribution in [3.05, 3.63) is 35.5 Å². The molecule has 126 valence electrons. The third-order valence-electron chi connectivity index (χ3n) is 3.43. The van der Waals surface area contributed by atoms with Gasteiger partial charge in [-0.15, -0.1) is 0 Å². The van der Waals surface area contributed by atoms with Gasteiger partial charge in [0.25, 0.3) is 10.0 Å². The first kappa shape index (κ1) is 16.8. The van der Waals surface area contributed by atoms with Gasteiger partial charge in [0.1, 0.15) is 12.1 Å². The van der Waals surface area contributed by atoms with Crippen molar-refractivity contribution in [1.82, 2.24) is 9.36 Å². The first-order chi connectivity index (χ1) is 12.0. The maximum Gasteiger partial charge on any atom is 0.273 e. The lowest BCUT2D eigenvalue weighted by Gasteiger charge is -2.08. The molecule has 25 heavy (non-hydrogen) atoms. The average Bonchev–Trinajstić information content (AvgIpc) is 3.23. The highest BCUT2D eigenvalue weighted by Gasteiger charge is 2.21. The van der Waals surface area contributed by atoms with Gasteiger partial charge in [0.2, 0.25) is 5.88 Å². The lowest BCUT2D eigenvalue weighted by molar-refractivity contribution is 0.357. The average molecular weight is 373 g/mol. The number of anilines is 1. The van der Waals surface area contributed by atoms with E-state index in [0.29, 0.717) is 22.2 Å². The Morgan fingerprint density at radius 1 is 1.40 bits per heavy atom. The van der Waals surface area contributed by atoms with Crippen LogP contribution in [0.25, 0.3) is 10.9 Å². The molecule has 0 radical (unpaired) electrons. The van der Waals surface area contributed by atoms with Crippen LogP contribution in [0.15, 0.2) is 28.6 Å². The van der Waals surface area contributed by atoms with Crippen molar-refractivity contribution in [2.24, 2.45) is 0 Å². The summed E-state index contributed by atoms with van der Waals surface area (Å²) in [5.41, 5.74) is 2.17. The molecule has 2 heterocycles. The Labute approximate surface area is 147 Å². The molecular weight excluding hydrogens is 362 g/mol.